The summed E-state index contributed by atoms with van der Waals surface area (Å²) in [4.78, 5) is 39.9. The lowest BCUT2D eigenvalue weighted by molar-refractivity contribution is -0.131. The van der Waals surface area contributed by atoms with Crippen LogP contribution < -0.4 is 15.6 Å². The van der Waals surface area contributed by atoms with E-state index in [4.69, 9.17) is 4.74 Å². The number of fused-ring (bicyclic) bond motifs is 1. The molecule has 0 saturated heterocycles. The van der Waals surface area contributed by atoms with E-state index in [0.29, 0.717) is 11.2 Å². The highest BCUT2D eigenvalue weighted by Gasteiger charge is 2.09. The Labute approximate surface area is 107 Å². The Balaban J connectivity index is 2.57. The zero-order valence-electron chi connectivity index (χ0n) is 10.3. The van der Waals surface area contributed by atoms with Crippen molar-refractivity contribution in [3.05, 3.63) is 28.6 Å². The Kier molecular flexibility index (Phi) is 3.28. The van der Waals surface area contributed by atoms with Crippen molar-refractivity contribution in [1.82, 2.24) is 9.97 Å². The van der Waals surface area contributed by atoms with E-state index in [9.17, 15) is 14.4 Å². The van der Waals surface area contributed by atoms with Crippen LogP contribution in [0.1, 0.15) is 13.8 Å². The van der Waals surface area contributed by atoms with E-state index in [1.807, 2.05) is 0 Å². The van der Waals surface area contributed by atoms with Gasteiger partial charge in [-0.05, 0) is 12.1 Å². The summed E-state index contributed by atoms with van der Waals surface area (Å²) in [5.41, 5.74) is -0.216. The number of pyridine rings is 2. The molecule has 2 N–H and O–H groups in total. The molecule has 0 aromatic carbocycles. The number of H-pyrrole nitrogens is 1. The number of nitrogens with zero attached hydrogens (tertiary/aromatic N) is 1. The molecule has 0 fully saturated rings. The fourth-order valence-electron chi connectivity index (χ4n) is 1.59. The highest BCUT2D eigenvalue weighted by molar-refractivity contribution is 5.90. The quantitative estimate of drug-likeness (QED) is 0.779. The first-order chi connectivity index (χ1) is 8.95. The van der Waals surface area contributed by atoms with E-state index in [1.54, 1.807) is 12.1 Å². The smallest absolute Gasteiger partial charge is 0.308 e. The number of ether oxygens (including phenoxy) is 1. The van der Waals surface area contributed by atoms with Crippen molar-refractivity contribution in [2.45, 2.75) is 13.8 Å². The van der Waals surface area contributed by atoms with Crippen molar-refractivity contribution in [3.8, 4) is 5.75 Å². The van der Waals surface area contributed by atoms with Crippen LogP contribution in [0.5, 0.6) is 5.75 Å². The van der Waals surface area contributed by atoms with Crippen LogP contribution in [0.3, 0.4) is 0 Å². The molecular formula is C12H11N3O4. The van der Waals surface area contributed by atoms with Crippen LogP contribution in [0, 0.1) is 0 Å². The van der Waals surface area contributed by atoms with Gasteiger partial charge in [0.1, 0.15) is 17.2 Å². The normalized spacial score (nSPS) is 10.2. The number of aromatic nitrogens is 2. The van der Waals surface area contributed by atoms with Crippen LogP contribution in [0.25, 0.3) is 11.0 Å². The maximum Gasteiger partial charge on any atom is 0.308 e. The first kappa shape index (κ1) is 12.7. The van der Waals surface area contributed by atoms with Gasteiger partial charge >= 0.3 is 5.97 Å². The second kappa shape index (κ2) is 4.89. The molecule has 98 valence electrons. The van der Waals surface area contributed by atoms with Crippen LogP contribution in [0.15, 0.2) is 23.0 Å². The predicted octanol–water partition coefficient (Wildman–Crippen LogP) is 0.807. The van der Waals surface area contributed by atoms with Crippen molar-refractivity contribution < 1.29 is 14.3 Å². The molecule has 0 spiro atoms. The molecule has 0 aliphatic rings. The van der Waals surface area contributed by atoms with Crippen LogP contribution in [0.2, 0.25) is 0 Å². The zero-order valence-corrected chi connectivity index (χ0v) is 10.3. The Morgan fingerprint density at radius 2 is 2.05 bits per heavy atom. The lowest BCUT2D eigenvalue weighted by Gasteiger charge is -2.06. The topological polar surface area (TPSA) is 101 Å². The lowest BCUT2D eigenvalue weighted by Crippen LogP contribution is -2.11. The monoisotopic (exact) mass is 261 g/mol. The average Bonchev–Trinajstić information content (AvgIpc) is 2.26. The number of nitrogens with one attached hydrogen (secondary N) is 2. The van der Waals surface area contributed by atoms with Gasteiger partial charge in [0.25, 0.3) is 5.56 Å². The number of amides is 1. The third-order valence-electron chi connectivity index (χ3n) is 2.22. The number of anilines is 1. The molecule has 7 nitrogen and oxygen atoms in total. The van der Waals surface area contributed by atoms with Crippen molar-refractivity contribution in [2.24, 2.45) is 0 Å². The molecule has 0 saturated carbocycles. The minimum atomic E-state index is -0.530. The van der Waals surface area contributed by atoms with Gasteiger partial charge in [-0.25, -0.2) is 4.98 Å². The number of rotatable bonds is 2. The molecule has 0 bridgehead atoms. The molecule has 1 amide bonds. The molecule has 2 aromatic rings. The number of hydrogen-bond donors (Lipinski definition) is 2. The van der Waals surface area contributed by atoms with Crippen molar-refractivity contribution in [2.75, 3.05) is 5.32 Å². The summed E-state index contributed by atoms with van der Waals surface area (Å²) in [6.45, 7) is 2.59. The summed E-state index contributed by atoms with van der Waals surface area (Å²) in [5.74, 6) is -0.369. The summed E-state index contributed by atoms with van der Waals surface area (Å²) in [6.07, 6.45) is 0. The van der Waals surface area contributed by atoms with Gasteiger partial charge in [0.2, 0.25) is 5.91 Å². The largest absolute Gasteiger partial charge is 0.426 e. The standard InChI is InChI=1S/C12H11N3O4/c1-6(16)13-10-4-3-8-9(19-7(2)17)5-11(18)15-12(8)14-10/h3-5H,1-2H3,(H2,13,14,15,16,18). The minimum Gasteiger partial charge on any atom is -0.426 e. The van der Waals surface area contributed by atoms with E-state index >= 15 is 0 Å². The van der Waals surface area contributed by atoms with Gasteiger partial charge in [0, 0.05) is 19.9 Å². The Hall–Kier alpha value is -2.70. The molecule has 0 atom stereocenters. The van der Waals surface area contributed by atoms with E-state index in [1.165, 1.54) is 19.9 Å². The third-order valence-corrected chi connectivity index (χ3v) is 2.22. The summed E-state index contributed by atoms with van der Waals surface area (Å²) >= 11 is 0. The van der Waals surface area contributed by atoms with Crippen LogP contribution in [-0.4, -0.2) is 21.8 Å². The number of aromatic amines is 1. The summed E-state index contributed by atoms with van der Waals surface area (Å²) in [5, 5.41) is 2.97. The fourth-order valence-corrected chi connectivity index (χ4v) is 1.59. The summed E-state index contributed by atoms with van der Waals surface area (Å²) in [6, 6.07) is 4.32. The molecule has 7 heteroatoms. The van der Waals surface area contributed by atoms with Gasteiger partial charge in [-0.1, -0.05) is 0 Å². The molecule has 0 radical (unpaired) electrons. The van der Waals surface area contributed by atoms with E-state index in [0.717, 1.165) is 0 Å². The summed E-state index contributed by atoms with van der Waals surface area (Å²) < 4.78 is 4.94. The van der Waals surface area contributed by atoms with E-state index in [-0.39, 0.29) is 17.3 Å². The molecule has 2 rings (SSSR count). The second-order valence-corrected chi connectivity index (χ2v) is 3.87. The number of esters is 1. The highest BCUT2D eigenvalue weighted by Crippen LogP contribution is 2.22. The lowest BCUT2D eigenvalue weighted by atomic mass is 10.2. The molecule has 2 aromatic heterocycles. The Morgan fingerprint density at radius 3 is 2.68 bits per heavy atom. The van der Waals surface area contributed by atoms with Crippen molar-refractivity contribution in [1.29, 1.82) is 0 Å². The van der Waals surface area contributed by atoms with E-state index in [2.05, 4.69) is 15.3 Å². The zero-order chi connectivity index (χ0) is 14.0. The van der Waals surface area contributed by atoms with Gasteiger partial charge in [0.05, 0.1) is 5.39 Å². The molecular weight excluding hydrogens is 250 g/mol. The maximum absolute atomic E-state index is 11.4. The van der Waals surface area contributed by atoms with Crippen molar-refractivity contribution >= 4 is 28.7 Å². The minimum absolute atomic E-state index is 0.133. The number of carbonyl (C=O) groups is 2. The third kappa shape index (κ3) is 2.95. The molecule has 0 unspecified atom stereocenters. The average molecular weight is 261 g/mol. The molecule has 0 aliphatic heterocycles. The van der Waals surface area contributed by atoms with E-state index < -0.39 is 11.5 Å². The number of carbonyl (C=O) groups excluding carboxylic acids is 2. The highest BCUT2D eigenvalue weighted by atomic mass is 16.5. The molecule has 19 heavy (non-hydrogen) atoms. The first-order valence-electron chi connectivity index (χ1n) is 5.46. The van der Waals surface area contributed by atoms with Crippen molar-refractivity contribution in [3.63, 3.8) is 0 Å². The molecule has 2 heterocycles. The SMILES string of the molecule is CC(=O)Nc1ccc2c(OC(C)=O)cc(=O)[nH]c2n1. The fraction of sp³-hybridized carbons (Fsp3) is 0.167. The Bertz CT molecular complexity index is 720. The van der Waals surface area contributed by atoms with Gasteiger partial charge in [-0.2, -0.15) is 0 Å². The van der Waals surface area contributed by atoms with Gasteiger partial charge in [-0.3, -0.25) is 14.4 Å². The number of hydrogen-bond acceptors (Lipinski definition) is 5. The van der Waals surface area contributed by atoms with Gasteiger partial charge < -0.3 is 15.0 Å². The van der Waals surface area contributed by atoms with Crippen LogP contribution in [-0.2, 0) is 9.59 Å². The maximum atomic E-state index is 11.4. The van der Waals surface area contributed by atoms with Crippen LogP contribution in [0.4, 0.5) is 5.82 Å². The first-order valence-corrected chi connectivity index (χ1v) is 5.46. The van der Waals surface area contributed by atoms with Crippen LogP contribution >= 0.6 is 0 Å². The van der Waals surface area contributed by atoms with Gasteiger partial charge in [0.15, 0.2) is 0 Å². The summed E-state index contributed by atoms with van der Waals surface area (Å²) in [7, 11) is 0. The molecule has 0 aliphatic carbocycles. The van der Waals surface area contributed by atoms with Gasteiger partial charge in [-0.15, -0.1) is 0 Å². The second-order valence-electron chi connectivity index (χ2n) is 3.87. The predicted molar refractivity (Wildman–Crippen MR) is 68.0 cm³/mol. The Morgan fingerprint density at radius 1 is 1.32 bits per heavy atom.